The second-order valence-corrected chi connectivity index (χ2v) is 2.06. The van der Waals surface area contributed by atoms with Crippen LogP contribution in [0.2, 0.25) is 5.82 Å². The Morgan fingerprint density at radius 1 is 1.78 bits per heavy atom. The summed E-state index contributed by atoms with van der Waals surface area (Å²) in [6.07, 6.45) is 0.0116. The van der Waals surface area contributed by atoms with Crippen molar-refractivity contribution >= 4 is 13.0 Å². The Bertz CT molecular complexity index is 106. The fourth-order valence-corrected chi connectivity index (χ4v) is 0.423. The maximum atomic E-state index is 10.1. The summed E-state index contributed by atoms with van der Waals surface area (Å²) in [5.41, 5.74) is 4.77. The first-order chi connectivity index (χ1) is 4.04. The topological polar surface area (TPSA) is 83.6 Å². The van der Waals surface area contributed by atoms with Crippen LogP contribution in [0.15, 0.2) is 0 Å². The van der Waals surface area contributed by atoms with Crippen molar-refractivity contribution in [3.8, 4) is 0 Å². The molecule has 0 aromatic rings. The minimum Gasteiger partial charge on any atom is -0.427 e. The monoisotopic (exact) mass is 131 g/mol. The van der Waals surface area contributed by atoms with Crippen LogP contribution in [0.25, 0.3) is 0 Å². The van der Waals surface area contributed by atoms with Gasteiger partial charge in [-0.2, -0.15) is 0 Å². The van der Waals surface area contributed by atoms with Gasteiger partial charge in [-0.3, -0.25) is 4.79 Å². The Kier molecular flexibility index (Phi) is 3.26. The van der Waals surface area contributed by atoms with E-state index in [0.717, 1.165) is 0 Å². The molecule has 0 aliphatic carbocycles. The summed E-state index contributed by atoms with van der Waals surface area (Å²) < 4.78 is 0. The van der Waals surface area contributed by atoms with E-state index in [4.69, 9.17) is 15.8 Å². The van der Waals surface area contributed by atoms with Crippen molar-refractivity contribution in [3.05, 3.63) is 0 Å². The average molecular weight is 131 g/mol. The van der Waals surface area contributed by atoms with Crippen molar-refractivity contribution in [3.63, 3.8) is 0 Å². The van der Waals surface area contributed by atoms with Gasteiger partial charge in [0.25, 0.3) is 0 Å². The Morgan fingerprint density at radius 3 is 2.33 bits per heavy atom. The van der Waals surface area contributed by atoms with Gasteiger partial charge >= 0.3 is 7.12 Å². The molecule has 0 rings (SSSR count). The molecule has 0 bridgehead atoms. The lowest BCUT2D eigenvalue weighted by atomic mass is 9.72. The van der Waals surface area contributed by atoms with Gasteiger partial charge in [-0.1, -0.05) is 6.92 Å². The van der Waals surface area contributed by atoms with E-state index < -0.39 is 18.8 Å². The zero-order chi connectivity index (χ0) is 7.44. The van der Waals surface area contributed by atoms with Gasteiger partial charge in [-0.05, 0) is 5.82 Å². The average Bonchev–Trinajstić information content (AvgIpc) is 1.63. The van der Waals surface area contributed by atoms with Gasteiger partial charge in [-0.15, -0.1) is 0 Å². The fourth-order valence-electron chi connectivity index (χ4n) is 0.423. The van der Waals surface area contributed by atoms with Gasteiger partial charge in [0.15, 0.2) is 0 Å². The molecule has 4 N–H and O–H groups in total. The lowest BCUT2D eigenvalue weighted by molar-refractivity contribution is -0.118. The van der Waals surface area contributed by atoms with Crippen molar-refractivity contribution < 1.29 is 14.8 Å². The summed E-state index contributed by atoms with van der Waals surface area (Å²) in [6.45, 7) is 1.54. The molecule has 0 aromatic carbocycles. The first-order valence-corrected chi connectivity index (χ1v) is 2.68. The number of carbonyl (C=O) groups excluding carboxylic acids is 1. The number of rotatable bonds is 3. The SMILES string of the molecule is C[C@@H](CC(N)=O)B(O)O. The highest BCUT2D eigenvalue weighted by Crippen LogP contribution is 2.08. The molecule has 0 aromatic heterocycles. The molecule has 5 heteroatoms. The van der Waals surface area contributed by atoms with Crippen molar-refractivity contribution in [2.45, 2.75) is 19.2 Å². The number of primary amides is 1. The van der Waals surface area contributed by atoms with Gasteiger partial charge in [0.05, 0.1) is 0 Å². The van der Waals surface area contributed by atoms with Crippen LogP contribution in [0.3, 0.4) is 0 Å². The molecule has 1 amide bonds. The van der Waals surface area contributed by atoms with E-state index in [2.05, 4.69) is 0 Å². The Labute approximate surface area is 53.8 Å². The van der Waals surface area contributed by atoms with Gasteiger partial charge in [0.1, 0.15) is 0 Å². The molecule has 0 aliphatic heterocycles. The first-order valence-electron chi connectivity index (χ1n) is 2.68. The summed E-state index contributed by atoms with van der Waals surface area (Å²) >= 11 is 0. The van der Waals surface area contributed by atoms with Crippen LogP contribution in [-0.2, 0) is 4.79 Å². The molecule has 0 heterocycles. The van der Waals surface area contributed by atoms with Crippen LogP contribution in [0, 0.1) is 0 Å². The standard InChI is InChI=1S/C4H10BNO3/c1-3(5(8)9)2-4(6)7/h3,8-9H,2H2,1H3,(H2,6,7)/t3-/m0/s1. The first kappa shape index (κ1) is 8.45. The van der Waals surface area contributed by atoms with Gasteiger partial charge < -0.3 is 15.8 Å². The highest BCUT2D eigenvalue weighted by Gasteiger charge is 2.19. The molecule has 0 saturated carbocycles. The minimum absolute atomic E-state index is 0.0116. The van der Waals surface area contributed by atoms with Crippen molar-refractivity contribution in [2.75, 3.05) is 0 Å². The number of nitrogens with two attached hydrogens (primary N) is 1. The quantitative estimate of drug-likeness (QED) is 0.417. The fraction of sp³-hybridized carbons (Fsp3) is 0.750. The van der Waals surface area contributed by atoms with E-state index in [1.54, 1.807) is 0 Å². The van der Waals surface area contributed by atoms with Gasteiger partial charge in [0.2, 0.25) is 5.91 Å². The maximum Gasteiger partial charge on any atom is 0.454 e. The molecule has 52 valence electrons. The van der Waals surface area contributed by atoms with E-state index in [0.29, 0.717) is 0 Å². The number of amides is 1. The molecular weight excluding hydrogens is 121 g/mol. The van der Waals surface area contributed by atoms with Crippen LogP contribution in [0.1, 0.15) is 13.3 Å². The summed E-state index contributed by atoms with van der Waals surface area (Å²) in [5.74, 6) is -0.988. The normalized spacial score (nSPS) is 12.8. The minimum atomic E-state index is -1.45. The maximum absolute atomic E-state index is 10.1. The van der Waals surface area contributed by atoms with E-state index in [1.165, 1.54) is 6.92 Å². The smallest absolute Gasteiger partial charge is 0.427 e. The van der Waals surface area contributed by atoms with E-state index in [1.807, 2.05) is 0 Å². The molecule has 0 radical (unpaired) electrons. The van der Waals surface area contributed by atoms with Crippen LogP contribution in [0.5, 0.6) is 0 Å². The molecule has 0 saturated heterocycles. The van der Waals surface area contributed by atoms with E-state index >= 15 is 0 Å². The third-order valence-corrected chi connectivity index (χ3v) is 1.03. The lowest BCUT2D eigenvalue weighted by Gasteiger charge is -2.04. The van der Waals surface area contributed by atoms with E-state index in [9.17, 15) is 4.79 Å². The number of hydrogen-bond donors (Lipinski definition) is 3. The van der Waals surface area contributed by atoms with Crippen molar-refractivity contribution in [1.82, 2.24) is 0 Å². The number of hydrogen-bond acceptors (Lipinski definition) is 3. The van der Waals surface area contributed by atoms with E-state index in [-0.39, 0.29) is 6.42 Å². The largest absolute Gasteiger partial charge is 0.454 e. The summed E-state index contributed by atoms with van der Waals surface area (Å²) in [7, 11) is -1.45. The zero-order valence-electron chi connectivity index (χ0n) is 5.24. The Balaban J connectivity index is 3.50. The lowest BCUT2D eigenvalue weighted by Crippen LogP contribution is -2.23. The molecule has 4 nitrogen and oxygen atoms in total. The second kappa shape index (κ2) is 3.47. The van der Waals surface area contributed by atoms with Crippen molar-refractivity contribution in [2.24, 2.45) is 5.73 Å². The summed E-state index contributed by atoms with van der Waals surface area (Å²) in [4.78, 5) is 10.1. The van der Waals surface area contributed by atoms with Crippen LogP contribution >= 0.6 is 0 Å². The second-order valence-electron chi connectivity index (χ2n) is 2.06. The molecule has 0 fully saturated rings. The third-order valence-electron chi connectivity index (χ3n) is 1.03. The van der Waals surface area contributed by atoms with Crippen LogP contribution in [0.4, 0.5) is 0 Å². The summed E-state index contributed by atoms with van der Waals surface area (Å²) in [6, 6.07) is 0. The van der Waals surface area contributed by atoms with Crippen molar-refractivity contribution in [1.29, 1.82) is 0 Å². The Morgan fingerprint density at radius 2 is 2.22 bits per heavy atom. The molecular formula is C4H10BNO3. The molecule has 0 unspecified atom stereocenters. The van der Waals surface area contributed by atoms with Crippen LogP contribution in [-0.4, -0.2) is 23.1 Å². The Hall–Kier alpha value is -0.545. The molecule has 1 atom stereocenters. The molecule has 0 spiro atoms. The molecule has 0 aliphatic rings. The van der Waals surface area contributed by atoms with Gasteiger partial charge in [-0.25, -0.2) is 0 Å². The highest BCUT2D eigenvalue weighted by molar-refractivity contribution is 6.43. The molecule has 9 heavy (non-hydrogen) atoms. The number of carbonyl (C=O) groups is 1. The van der Waals surface area contributed by atoms with Gasteiger partial charge in [0, 0.05) is 6.42 Å². The third kappa shape index (κ3) is 3.99. The van der Waals surface area contributed by atoms with Crippen LogP contribution < -0.4 is 5.73 Å². The summed E-state index contributed by atoms with van der Waals surface area (Å²) in [5, 5.41) is 16.8. The zero-order valence-corrected chi connectivity index (χ0v) is 5.24. The predicted octanol–water partition coefficient (Wildman–Crippen LogP) is -1.28. The predicted molar refractivity (Wildman–Crippen MR) is 33.4 cm³/mol. The highest BCUT2D eigenvalue weighted by atomic mass is 16.4.